The van der Waals surface area contributed by atoms with E-state index in [2.05, 4.69) is 10.3 Å². The average molecular weight is 351 g/mol. The van der Waals surface area contributed by atoms with Gasteiger partial charge in [0.05, 0.1) is 11.4 Å². The van der Waals surface area contributed by atoms with Gasteiger partial charge in [-0.25, -0.2) is 0 Å². The lowest BCUT2D eigenvalue weighted by molar-refractivity contribution is -0.117. The summed E-state index contributed by atoms with van der Waals surface area (Å²) < 4.78 is 0. The van der Waals surface area contributed by atoms with Crippen molar-refractivity contribution < 1.29 is 14.4 Å². The molecular formula is C20H21N3O3. The van der Waals surface area contributed by atoms with Crippen LogP contribution in [0, 0.1) is 6.92 Å². The second kappa shape index (κ2) is 6.44. The quantitative estimate of drug-likeness (QED) is 0.891. The Morgan fingerprint density at radius 3 is 2.65 bits per heavy atom. The van der Waals surface area contributed by atoms with E-state index in [1.165, 1.54) is 0 Å². The zero-order chi connectivity index (χ0) is 18.3. The summed E-state index contributed by atoms with van der Waals surface area (Å²) in [6, 6.07) is 7.32. The van der Waals surface area contributed by atoms with Gasteiger partial charge in [-0.3, -0.25) is 14.4 Å². The van der Waals surface area contributed by atoms with E-state index in [0.29, 0.717) is 47.6 Å². The van der Waals surface area contributed by atoms with Crippen LogP contribution in [0.1, 0.15) is 57.8 Å². The first-order valence-corrected chi connectivity index (χ1v) is 9.01. The highest BCUT2D eigenvalue weighted by Crippen LogP contribution is 2.31. The lowest BCUT2D eigenvalue weighted by atomic mass is 9.94. The zero-order valence-electron chi connectivity index (χ0n) is 14.7. The molecule has 6 heteroatoms. The van der Waals surface area contributed by atoms with Gasteiger partial charge in [0.15, 0.2) is 5.78 Å². The van der Waals surface area contributed by atoms with Crippen molar-refractivity contribution in [2.45, 2.75) is 39.0 Å². The van der Waals surface area contributed by atoms with Crippen LogP contribution in [0.15, 0.2) is 24.3 Å². The van der Waals surface area contributed by atoms with E-state index in [1.54, 1.807) is 11.0 Å². The van der Waals surface area contributed by atoms with Crippen molar-refractivity contribution in [2.75, 3.05) is 16.8 Å². The van der Waals surface area contributed by atoms with Gasteiger partial charge in [-0.15, -0.1) is 0 Å². The molecule has 0 radical (unpaired) electrons. The Balaban J connectivity index is 1.64. The SMILES string of the molecule is Cc1c(C(=O)Nc2ccccc2N2CCCC2=O)[nH]c2c1C(=O)CCC2. The van der Waals surface area contributed by atoms with Crippen molar-refractivity contribution in [3.63, 3.8) is 0 Å². The lowest BCUT2D eigenvalue weighted by Crippen LogP contribution is -2.25. The summed E-state index contributed by atoms with van der Waals surface area (Å²) >= 11 is 0. The minimum atomic E-state index is -0.288. The van der Waals surface area contributed by atoms with Gasteiger partial charge in [0.1, 0.15) is 5.69 Å². The third kappa shape index (κ3) is 2.71. The maximum atomic E-state index is 12.9. The number of aryl methyl sites for hydroxylation is 1. The molecule has 1 aromatic carbocycles. The van der Waals surface area contributed by atoms with E-state index >= 15 is 0 Å². The average Bonchev–Trinajstić information content (AvgIpc) is 3.20. The van der Waals surface area contributed by atoms with Gasteiger partial charge in [0.2, 0.25) is 5.91 Å². The minimum absolute atomic E-state index is 0.0730. The number of para-hydroxylation sites is 2. The van der Waals surface area contributed by atoms with Crippen LogP contribution in [0.2, 0.25) is 0 Å². The van der Waals surface area contributed by atoms with Crippen molar-refractivity contribution in [2.24, 2.45) is 0 Å². The van der Waals surface area contributed by atoms with Gasteiger partial charge >= 0.3 is 0 Å². The van der Waals surface area contributed by atoms with Crippen LogP contribution in [0.3, 0.4) is 0 Å². The number of aromatic nitrogens is 1. The largest absolute Gasteiger partial charge is 0.354 e. The maximum absolute atomic E-state index is 12.9. The molecule has 2 aliphatic rings. The molecule has 6 nitrogen and oxygen atoms in total. The topological polar surface area (TPSA) is 82.3 Å². The monoisotopic (exact) mass is 351 g/mol. The number of H-pyrrole nitrogens is 1. The number of benzene rings is 1. The molecule has 1 aliphatic carbocycles. The van der Waals surface area contributed by atoms with Crippen LogP contribution in [-0.4, -0.2) is 29.1 Å². The number of hydrogen-bond donors (Lipinski definition) is 2. The van der Waals surface area contributed by atoms with Gasteiger partial charge in [-0.1, -0.05) is 12.1 Å². The predicted octanol–water partition coefficient (Wildman–Crippen LogP) is 3.22. The van der Waals surface area contributed by atoms with Crippen LogP contribution in [-0.2, 0) is 11.2 Å². The first kappa shape index (κ1) is 16.6. The summed E-state index contributed by atoms with van der Waals surface area (Å²) in [4.78, 5) is 41.9. The Bertz CT molecular complexity index is 913. The number of carbonyl (C=O) groups is 3. The molecule has 1 fully saturated rings. The van der Waals surface area contributed by atoms with Gasteiger partial charge in [-0.05, 0) is 43.9 Å². The van der Waals surface area contributed by atoms with Crippen LogP contribution in [0.4, 0.5) is 11.4 Å². The smallest absolute Gasteiger partial charge is 0.272 e. The molecule has 134 valence electrons. The third-order valence-corrected chi connectivity index (χ3v) is 5.18. The number of hydrogen-bond acceptors (Lipinski definition) is 3. The van der Waals surface area contributed by atoms with Crippen LogP contribution in [0.25, 0.3) is 0 Å². The standard InChI is InChI=1S/C20H21N3O3/c1-12-18-14(7-4-9-16(18)24)21-19(12)20(26)22-13-6-2-3-8-15(13)23-11-5-10-17(23)25/h2-3,6,8,21H,4-5,7,9-11H2,1H3,(H,22,26). The second-order valence-corrected chi connectivity index (χ2v) is 6.88. The minimum Gasteiger partial charge on any atom is -0.354 e. The molecule has 2 N–H and O–H groups in total. The number of Topliss-reactive ketones (excluding diaryl/α,β-unsaturated/α-hetero) is 1. The first-order chi connectivity index (χ1) is 12.6. The van der Waals surface area contributed by atoms with Gasteiger partial charge in [0.25, 0.3) is 5.91 Å². The van der Waals surface area contributed by atoms with E-state index in [1.807, 2.05) is 25.1 Å². The first-order valence-electron chi connectivity index (χ1n) is 9.01. The molecule has 2 amide bonds. The second-order valence-electron chi connectivity index (χ2n) is 6.88. The number of aromatic amines is 1. The summed E-state index contributed by atoms with van der Waals surface area (Å²) in [6.07, 6.45) is 3.49. The van der Waals surface area contributed by atoms with Crippen molar-refractivity contribution in [3.05, 3.63) is 46.8 Å². The van der Waals surface area contributed by atoms with Crippen molar-refractivity contribution in [3.8, 4) is 0 Å². The summed E-state index contributed by atoms with van der Waals surface area (Å²) in [6.45, 7) is 2.47. The zero-order valence-corrected chi connectivity index (χ0v) is 14.7. The molecule has 1 aromatic heterocycles. The molecule has 2 aromatic rings. The fourth-order valence-electron chi connectivity index (χ4n) is 3.90. The number of anilines is 2. The lowest BCUT2D eigenvalue weighted by Gasteiger charge is -2.19. The number of ketones is 1. The highest BCUT2D eigenvalue weighted by molar-refractivity contribution is 6.10. The van der Waals surface area contributed by atoms with E-state index in [9.17, 15) is 14.4 Å². The molecule has 26 heavy (non-hydrogen) atoms. The maximum Gasteiger partial charge on any atom is 0.272 e. The number of nitrogens with zero attached hydrogens (tertiary/aromatic N) is 1. The molecule has 0 spiro atoms. The van der Waals surface area contributed by atoms with E-state index in [0.717, 1.165) is 25.0 Å². The molecule has 0 bridgehead atoms. The molecule has 0 saturated carbocycles. The van der Waals surface area contributed by atoms with Gasteiger partial charge in [0, 0.05) is 30.6 Å². The number of amides is 2. The van der Waals surface area contributed by atoms with Crippen LogP contribution in [0.5, 0.6) is 0 Å². The van der Waals surface area contributed by atoms with Gasteiger partial charge < -0.3 is 15.2 Å². The van der Waals surface area contributed by atoms with E-state index in [4.69, 9.17) is 0 Å². The Hall–Kier alpha value is -2.89. The molecule has 4 rings (SSSR count). The summed E-state index contributed by atoms with van der Waals surface area (Å²) in [5.74, 6) is -0.116. The van der Waals surface area contributed by atoms with Crippen LogP contribution < -0.4 is 10.2 Å². The number of nitrogens with one attached hydrogen (secondary N) is 2. The molecule has 0 unspecified atom stereocenters. The van der Waals surface area contributed by atoms with Crippen molar-refractivity contribution in [1.82, 2.24) is 4.98 Å². The predicted molar refractivity (Wildman–Crippen MR) is 98.8 cm³/mol. The Morgan fingerprint density at radius 2 is 1.92 bits per heavy atom. The number of fused-ring (bicyclic) bond motifs is 1. The van der Waals surface area contributed by atoms with E-state index in [-0.39, 0.29) is 17.6 Å². The Labute approximate surface area is 151 Å². The number of carbonyl (C=O) groups excluding carboxylic acids is 3. The molecule has 2 heterocycles. The normalized spacial score (nSPS) is 16.7. The molecule has 1 saturated heterocycles. The molecular weight excluding hydrogens is 330 g/mol. The summed E-state index contributed by atoms with van der Waals surface area (Å²) in [5.41, 5.74) is 3.97. The Kier molecular flexibility index (Phi) is 4.11. The van der Waals surface area contributed by atoms with E-state index < -0.39 is 0 Å². The third-order valence-electron chi connectivity index (χ3n) is 5.18. The summed E-state index contributed by atoms with van der Waals surface area (Å²) in [5, 5.41) is 2.91. The highest BCUT2D eigenvalue weighted by Gasteiger charge is 2.28. The fourth-order valence-corrected chi connectivity index (χ4v) is 3.90. The molecule has 1 aliphatic heterocycles. The van der Waals surface area contributed by atoms with Crippen molar-refractivity contribution >= 4 is 29.0 Å². The van der Waals surface area contributed by atoms with Gasteiger partial charge in [-0.2, -0.15) is 0 Å². The fraction of sp³-hybridized carbons (Fsp3) is 0.350. The summed E-state index contributed by atoms with van der Waals surface area (Å²) in [7, 11) is 0. The molecule has 0 atom stereocenters. The van der Waals surface area contributed by atoms with Crippen LogP contribution >= 0.6 is 0 Å². The van der Waals surface area contributed by atoms with Crippen molar-refractivity contribution in [1.29, 1.82) is 0 Å². The Morgan fingerprint density at radius 1 is 1.12 bits per heavy atom. The highest BCUT2D eigenvalue weighted by atomic mass is 16.2. The number of rotatable bonds is 3.